The van der Waals surface area contributed by atoms with Crippen LogP contribution in [0.15, 0.2) is 42.5 Å². The number of halogens is 1. The molecule has 0 aliphatic carbocycles. The first-order valence-corrected chi connectivity index (χ1v) is 6.13. The topological polar surface area (TPSA) is 78.8 Å². The summed E-state index contributed by atoms with van der Waals surface area (Å²) in [6.07, 6.45) is 0. The van der Waals surface area contributed by atoms with Gasteiger partial charge in [0, 0.05) is 11.8 Å². The molecule has 1 unspecified atom stereocenters. The molecule has 0 aromatic heterocycles. The molecule has 6 heteroatoms. The van der Waals surface area contributed by atoms with E-state index in [1.165, 1.54) is 13.2 Å². The lowest BCUT2D eigenvalue weighted by atomic mass is 10.1. The molecule has 1 atom stereocenters. The molecule has 0 spiro atoms. The Hall–Kier alpha value is -2.76. The number of methoxy groups -OCH3 is 1. The smallest absolute Gasteiger partial charge is 0.330 e. The van der Waals surface area contributed by atoms with E-state index in [0.717, 1.165) is 12.1 Å². The van der Waals surface area contributed by atoms with Gasteiger partial charge in [-0.15, -0.1) is 0 Å². The Morgan fingerprint density at radius 1 is 1.29 bits per heavy atom. The number of carbonyl (C=O) groups is 1. The van der Waals surface area contributed by atoms with E-state index in [9.17, 15) is 14.3 Å². The van der Waals surface area contributed by atoms with Gasteiger partial charge in [-0.3, -0.25) is 0 Å². The zero-order chi connectivity index (χ0) is 15.4. The molecule has 0 aliphatic heterocycles. The monoisotopic (exact) mass is 291 g/mol. The Morgan fingerprint density at radius 2 is 2.05 bits per heavy atom. The zero-order valence-electron chi connectivity index (χ0n) is 11.2. The second-order valence-electron chi connectivity index (χ2n) is 4.36. The van der Waals surface area contributed by atoms with Gasteiger partial charge in [0.1, 0.15) is 5.75 Å². The molecule has 0 fully saturated rings. The minimum Gasteiger partial charge on any atom is -0.505 e. The van der Waals surface area contributed by atoms with Crippen LogP contribution in [0.4, 0.5) is 10.1 Å². The maximum atomic E-state index is 13.4. The van der Waals surface area contributed by atoms with Crippen molar-refractivity contribution in [1.82, 2.24) is 0 Å². The Balaban J connectivity index is 2.30. The molecular weight excluding hydrogens is 277 g/mol. The second kappa shape index (κ2) is 6.13. The van der Waals surface area contributed by atoms with Crippen molar-refractivity contribution < 1.29 is 24.1 Å². The summed E-state index contributed by atoms with van der Waals surface area (Å²) in [6, 6.07) is 9.05. The van der Waals surface area contributed by atoms with Gasteiger partial charge in [-0.25, -0.2) is 9.18 Å². The predicted octanol–water partition coefficient (Wildman–Crippen LogP) is 2.78. The summed E-state index contributed by atoms with van der Waals surface area (Å²) in [7, 11) is 1.50. The Morgan fingerprint density at radius 3 is 2.67 bits per heavy atom. The average Bonchev–Trinajstić information content (AvgIpc) is 2.47. The minimum absolute atomic E-state index is 0.195. The van der Waals surface area contributed by atoms with E-state index in [0.29, 0.717) is 11.4 Å². The third kappa shape index (κ3) is 3.42. The van der Waals surface area contributed by atoms with Crippen molar-refractivity contribution in [3.8, 4) is 11.5 Å². The third-order valence-corrected chi connectivity index (χ3v) is 2.93. The van der Waals surface area contributed by atoms with E-state index < -0.39 is 23.6 Å². The predicted molar refractivity (Wildman–Crippen MR) is 75.1 cm³/mol. The maximum absolute atomic E-state index is 13.4. The van der Waals surface area contributed by atoms with Gasteiger partial charge in [-0.2, -0.15) is 0 Å². The van der Waals surface area contributed by atoms with E-state index >= 15 is 0 Å². The van der Waals surface area contributed by atoms with Crippen LogP contribution in [0, 0.1) is 5.82 Å². The lowest BCUT2D eigenvalue weighted by Crippen LogP contribution is -2.20. The lowest BCUT2D eigenvalue weighted by molar-refractivity contribution is -0.138. The lowest BCUT2D eigenvalue weighted by Gasteiger charge is -2.17. The molecule has 3 N–H and O–H groups in total. The number of ether oxygens (including phenoxy) is 1. The fourth-order valence-electron chi connectivity index (χ4n) is 1.87. The molecule has 0 aliphatic rings. The molecule has 110 valence electrons. The van der Waals surface area contributed by atoms with E-state index in [-0.39, 0.29) is 5.56 Å². The van der Waals surface area contributed by atoms with Crippen LogP contribution < -0.4 is 10.1 Å². The number of nitrogens with one attached hydrogen (secondary N) is 1. The van der Waals surface area contributed by atoms with Gasteiger partial charge in [0.25, 0.3) is 0 Å². The van der Waals surface area contributed by atoms with Crippen molar-refractivity contribution >= 4 is 11.7 Å². The van der Waals surface area contributed by atoms with Crippen LogP contribution in [-0.4, -0.2) is 23.3 Å². The molecule has 21 heavy (non-hydrogen) atoms. The first-order valence-electron chi connectivity index (χ1n) is 6.13. The normalized spacial score (nSPS) is 11.7. The van der Waals surface area contributed by atoms with Crippen molar-refractivity contribution in [2.45, 2.75) is 6.04 Å². The number of aliphatic carboxylic acids is 1. The molecule has 0 heterocycles. The number of benzene rings is 2. The molecule has 0 saturated heterocycles. The molecule has 2 aromatic rings. The number of aromatic hydroxyl groups is 1. The summed E-state index contributed by atoms with van der Waals surface area (Å²) < 4.78 is 18.4. The molecule has 0 amide bonds. The number of carboxylic acid groups (broad SMARTS) is 1. The van der Waals surface area contributed by atoms with Crippen molar-refractivity contribution in [3.63, 3.8) is 0 Å². The summed E-state index contributed by atoms with van der Waals surface area (Å²) >= 11 is 0. The van der Waals surface area contributed by atoms with E-state index in [2.05, 4.69) is 5.32 Å². The number of phenols is 1. The average molecular weight is 291 g/mol. The molecule has 0 bridgehead atoms. The minimum atomic E-state index is -1.16. The SMILES string of the molecule is COc1cccc(NC(C(=O)O)c2ccc(O)c(F)c2)c1. The standard InChI is InChI=1S/C15H14FNO4/c1-21-11-4-2-3-10(8-11)17-14(15(19)20)9-5-6-13(18)12(16)7-9/h2-8,14,17-18H,1H3,(H,19,20). The Bertz CT molecular complexity index is 660. The number of rotatable bonds is 5. The Labute approximate surface area is 120 Å². The van der Waals surface area contributed by atoms with Crippen molar-refractivity contribution in [3.05, 3.63) is 53.8 Å². The van der Waals surface area contributed by atoms with Gasteiger partial charge < -0.3 is 20.3 Å². The molecule has 2 rings (SSSR count). The highest BCUT2D eigenvalue weighted by molar-refractivity contribution is 5.79. The molecule has 2 aromatic carbocycles. The van der Waals surface area contributed by atoms with Gasteiger partial charge >= 0.3 is 5.97 Å². The van der Waals surface area contributed by atoms with Crippen molar-refractivity contribution in [2.24, 2.45) is 0 Å². The van der Waals surface area contributed by atoms with Gasteiger partial charge in [-0.05, 0) is 29.8 Å². The maximum Gasteiger partial charge on any atom is 0.330 e. The highest BCUT2D eigenvalue weighted by Gasteiger charge is 2.21. The highest BCUT2D eigenvalue weighted by atomic mass is 19.1. The van der Waals surface area contributed by atoms with E-state index in [1.54, 1.807) is 24.3 Å². The zero-order valence-corrected chi connectivity index (χ0v) is 11.2. The van der Waals surface area contributed by atoms with Crippen LogP contribution in [0.2, 0.25) is 0 Å². The quantitative estimate of drug-likeness (QED) is 0.789. The number of hydrogen-bond acceptors (Lipinski definition) is 4. The molecular formula is C15H14FNO4. The summed E-state index contributed by atoms with van der Waals surface area (Å²) in [5.41, 5.74) is 0.718. The van der Waals surface area contributed by atoms with Crippen LogP contribution in [0.3, 0.4) is 0 Å². The summed E-state index contributed by atoms with van der Waals surface area (Å²) in [4.78, 5) is 11.4. The first kappa shape index (κ1) is 14.6. The number of phenolic OH excluding ortho intramolecular Hbond substituents is 1. The number of hydrogen-bond donors (Lipinski definition) is 3. The van der Waals surface area contributed by atoms with Crippen molar-refractivity contribution in [1.29, 1.82) is 0 Å². The molecule has 5 nitrogen and oxygen atoms in total. The van der Waals surface area contributed by atoms with Gasteiger partial charge in [0.05, 0.1) is 7.11 Å². The third-order valence-electron chi connectivity index (χ3n) is 2.93. The molecule has 0 saturated carbocycles. The van der Waals surface area contributed by atoms with Gasteiger partial charge in [-0.1, -0.05) is 12.1 Å². The van der Waals surface area contributed by atoms with Crippen molar-refractivity contribution in [2.75, 3.05) is 12.4 Å². The van der Waals surface area contributed by atoms with E-state index in [4.69, 9.17) is 9.84 Å². The first-order chi connectivity index (χ1) is 10.0. The fraction of sp³-hybridized carbons (Fsp3) is 0.133. The summed E-state index contributed by atoms with van der Waals surface area (Å²) in [6.45, 7) is 0. The summed E-state index contributed by atoms with van der Waals surface area (Å²) in [5.74, 6) is -1.99. The second-order valence-corrected chi connectivity index (χ2v) is 4.36. The number of carboxylic acids is 1. The largest absolute Gasteiger partial charge is 0.505 e. The summed E-state index contributed by atoms with van der Waals surface area (Å²) in [5, 5.41) is 21.2. The van der Waals surface area contributed by atoms with Crippen LogP contribution in [0.25, 0.3) is 0 Å². The fourth-order valence-corrected chi connectivity index (χ4v) is 1.87. The Kier molecular flexibility index (Phi) is 4.27. The van der Waals surface area contributed by atoms with Crippen LogP contribution in [0.5, 0.6) is 11.5 Å². The number of anilines is 1. The van der Waals surface area contributed by atoms with Crippen LogP contribution in [0.1, 0.15) is 11.6 Å². The van der Waals surface area contributed by atoms with Gasteiger partial charge in [0.15, 0.2) is 17.6 Å². The highest BCUT2D eigenvalue weighted by Crippen LogP contribution is 2.26. The molecule has 0 radical (unpaired) electrons. The van der Waals surface area contributed by atoms with E-state index in [1.807, 2.05) is 0 Å². The van der Waals surface area contributed by atoms with Gasteiger partial charge in [0.2, 0.25) is 0 Å². The van der Waals surface area contributed by atoms with Crippen LogP contribution >= 0.6 is 0 Å². The van der Waals surface area contributed by atoms with Crippen LogP contribution in [-0.2, 0) is 4.79 Å².